The minimum atomic E-state index is -0.275. The number of Topliss-reactive ketones (excluding diaryl/α,β-unsaturated/α-hetero) is 1. The van der Waals surface area contributed by atoms with Crippen LogP contribution in [0.3, 0.4) is 0 Å². The van der Waals surface area contributed by atoms with E-state index in [0.29, 0.717) is 34.4 Å². The van der Waals surface area contributed by atoms with Gasteiger partial charge in [-0.05, 0) is 42.5 Å². The van der Waals surface area contributed by atoms with Gasteiger partial charge in [0.1, 0.15) is 5.75 Å². The van der Waals surface area contributed by atoms with E-state index in [1.165, 1.54) is 18.3 Å². The first kappa shape index (κ1) is 22.9. The van der Waals surface area contributed by atoms with Crippen molar-refractivity contribution in [2.75, 3.05) is 11.9 Å². The van der Waals surface area contributed by atoms with Crippen molar-refractivity contribution in [2.45, 2.75) is 32.2 Å². The van der Waals surface area contributed by atoms with Gasteiger partial charge in [0.25, 0.3) is 0 Å². The van der Waals surface area contributed by atoms with E-state index in [1.54, 1.807) is 24.3 Å². The van der Waals surface area contributed by atoms with Crippen molar-refractivity contribution in [3.63, 3.8) is 0 Å². The maximum atomic E-state index is 12.3. The summed E-state index contributed by atoms with van der Waals surface area (Å²) in [6.45, 7) is 2.04. The summed E-state index contributed by atoms with van der Waals surface area (Å²) in [7, 11) is 0. The van der Waals surface area contributed by atoms with Crippen LogP contribution in [0.2, 0.25) is 5.02 Å². The van der Waals surface area contributed by atoms with Crippen molar-refractivity contribution in [3.05, 3.63) is 64.0 Å². The fraction of sp³-hybridized carbons (Fsp3) is 0.250. The fourth-order valence-electron chi connectivity index (χ4n) is 3.60. The number of amides is 2. The van der Waals surface area contributed by atoms with E-state index in [1.807, 2.05) is 23.6 Å². The van der Waals surface area contributed by atoms with Gasteiger partial charge in [0, 0.05) is 53.3 Å². The topological polar surface area (TPSA) is 97.4 Å². The molecule has 9 heteroatoms. The average molecular weight is 484 g/mol. The minimum absolute atomic E-state index is 0.0605. The molecule has 0 aliphatic carbocycles. The van der Waals surface area contributed by atoms with Gasteiger partial charge in [-0.1, -0.05) is 11.6 Å². The second-order valence-corrected chi connectivity index (χ2v) is 8.95. The van der Waals surface area contributed by atoms with E-state index >= 15 is 0 Å². The molecule has 0 saturated carbocycles. The molecule has 4 rings (SSSR count). The molecule has 2 N–H and O–H groups in total. The Labute approximate surface area is 200 Å². The smallest absolute Gasteiger partial charge is 0.226 e. The Balaban J connectivity index is 1.39. The number of thiazole rings is 1. The van der Waals surface area contributed by atoms with Crippen molar-refractivity contribution in [3.8, 4) is 17.0 Å². The Morgan fingerprint density at radius 1 is 1.15 bits per heavy atom. The normalized spacial score (nSPS) is 14.7. The van der Waals surface area contributed by atoms with Gasteiger partial charge in [-0.25, -0.2) is 4.98 Å². The van der Waals surface area contributed by atoms with Crippen LogP contribution in [0.4, 0.5) is 5.13 Å². The summed E-state index contributed by atoms with van der Waals surface area (Å²) in [6, 6.07) is 12.2. The second-order valence-electron chi connectivity index (χ2n) is 7.66. The Kier molecular flexibility index (Phi) is 7.05. The van der Waals surface area contributed by atoms with Crippen LogP contribution >= 0.6 is 22.9 Å². The molecule has 170 valence electrons. The predicted octanol–water partition coefficient (Wildman–Crippen LogP) is 5.02. The fourth-order valence-corrected chi connectivity index (χ4v) is 4.46. The van der Waals surface area contributed by atoms with Crippen LogP contribution in [-0.2, 0) is 9.59 Å². The van der Waals surface area contributed by atoms with Gasteiger partial charge in [0.05, 0.1) is 18.3 Å². The van der Waals surface area contributed by atoms with Crippen LogP contribution < -0.4 is 15.4 Å². The number of carbonyl (C=O) groups is 3. The van der Waals surface area contributed by atoms with Crippen molar-refractivity contribution in [1.82, 2.24) is 10.3 Å². The Hall–Kier alpha value is -3.23. The van der Waals surface area contributed by atoms with Crippen molar-refractivity contribution >= 4 is 45.7 Å². The van der Waals surface area contributed by atoms with E-state index in [-0.39, 0.29) is 36.5 Å². The molecule has 7 nitrogen and oxygen atoms in total. The lowest BCUT2D eigenvalue weighted by molar-refractivity contribution is -0.120. The molecule has 1 unspecified atom stereocenters. The standard InChI is InChI=1S/C24H22ClN3O4S/c1-14(29)26-19-10-11-32-22-8-4-16(12-18(19)22)20-13-33-24(27-20)28-23(31)9-7-21(30)15-2-5-17(25)6-3-15/h2-6,8,12-13,19H,7,9-11H2,1H3,(H,26,29)(H,27,28,31). The van der Waals surface area contributed by atoms with Gasteiger partial charge in [-0.2, -0.15) is 0 Å². The Bertz CT molecular complexity index is 1190. The SMILES string of the molecule is CC(=O)NC1CCOc2ccc(-c3csc(NC(=O)CCC(=O)c4ccc(Cl)cc4)n3)cc21. The summed E-state index contributed by atoms with van der Waals surface area (Å²) in [4.78, 5) is 40.6. The molecule has 2 heterocycles. The molecule has 1 aliphatic rings. The molecular formula is C24H22ClN3O4S. The molecule has 1 aromatic heterocycles. The highest BCUT2D eigenvalue weighted by Gasteiger charge is 2.23. The van der Waals surface area contributed by atoms with Crippen molar-refractivity contribution in [1.29, 1.82) is 0 Å². The van der Waals surface area contributed by atoms with Crippen LogP contribution in [0.1, 0.15) is 48.1 Å². The zero-order chi connectivity index (χ0) is 23.4. The molecular weight excluding hydrogens is 462 g/mol. The molecule has 0 radical (unpaired) electrons. The predicted molar refractivity (Wildman–Crippen MR) is 128 cm³/mol. The quantitative estimate of drug-likeness (QED) is 0.459. The molecule has 0 fully saturated rings. The number of nitrogens with one attached hydrogen (secondary N) is 2. The number of ether oxygens (including phenoxy) is 1. The third kappa shape index (κ3) is 5.77. The van der Waals surface area contributed by atoms with Crippen LogP contribution in [0.5, 0.6) is 5.75 Å². The molecule has 0 spiro atoms. The number of aromatic nitrogens is 1. The lowest BCUT2D eigenvalue weighted by Gasteiger charge is -2.26. The van der Waals surface area contributed by atoms with Gasteiger partial charge in [0.15, 0.2) is 10.9 Å². The number of fused-ring (bicyclic) bond motifs is 1. The van der Waals surface area contributed by atoms with E-state index in [2.05, 4.69) is 15.6 Å². The number of hydrogen-bond donors (Lipinski definition) is 2. The van der Waals surface area contributed by atoms with E-state index < -0.39 is 0 Å². The first-order valence-corrected chi connectivity index (χ1v) is 11.7. The monoisotopic (exact) mass is 483 g/mol. The summed E-state index contributed by atoms with van der Waals surface area (Å²) < 4.78 is 5.71. The van der Waals surface area contributed by atoms with Gasteiger partial charge in [-0.3, -0.25) is 14.4 Å². The first-order valence-electron chi connectivity index (χ1n) is 10.5. The lowest BCUT2D eigenvalue weighted by Crippen LogP contribution is -2.30. The maximum Gasteiger partial charge on any atom is 0.226 e. The zero-order valence-corrected chi connectivity index (χ0v) is 19.5. The number of rotatable bonds is 7. The van der Waals surface area contributed by atoms with E-state index in [0.717, 1.165) is 16.9 Å². The minimum Gasteiger partial charge on any atom is -0.493 e. The Morgan fingerprint density at radius 2 is 1.94 bits per heavy atom. The second kappa shape index (κ2) is 10.1. The largest absolute Gasteiger partial charge is 0.493 e. The van der Waals surface area contributed by atoms with Crippen LogP contribution in [0.15, 0.2) is 47.8 Å². The molecule has 1 atom stereocenters. The lowest BCUT2D eigenvalue weighted by atomic mass is 9.97. The third-order valence-corrected chi connectivity index (χ3v) is 6.23. The van der Waals surface area contributed by atoms with Crippen LogP contribution in [-0.4, -0.2) is 29.2 Å². The summed E-state index contributed by atoms with van der Waals surface area (Å²) in [5.41, 5.74) is 3.01. The number of anilines is 1. The van der Waals surface area contributed by atoms with E-state index in [4.69, 9.17) is 16.3 Å². The number of benzene rings is 2. The highest BCUT2D eigenvalue weighted by atomic mass is 35.5. The highest BCUT2D eigenvalue weighted by molar-refractivity contribution is 7.14. The first-order chi connectivity index (χ1) is 15.9. The maximum absolute atomic E-state index is 12.3. The number of ketones is 1. The van der Waals surface area contributed by atoms with Crippen molar-refractivity contribution in [2.24, 2.45) is 0 Å². The van der Waals surface area contributed by atoms with E-state index in [9.17, 15) is 14.4 Å². The summed E-state index contributed by atoms with van der Waals surface area (Å²) in [5, 5.41) is 8.59. The molecule has 1 aliphatic heterocycles. The van der Waals surface area contributed by atoms with Gasteiger partial charge in [0.2, 0.25) is 11.8 Å². The van der Waals surface area contributed by atoms with Crippen molar-refractivity contribution < 1.29 is 19.1 Å². The summed E-state index contributed by atoms with van der Waals surface area (Å²) in [5.74, 6) is 0.263. The van der Waals surface area contributed by atoms with Gasteiger partial charge < -0.3 is 15.4 Å². The number of nitrogens with zero attached hydrogens (tertiary/aromatic N) is 1. The number of carbonyl (C=O) groups excluding carboxylic acids is 3. The molecule has 2 aromatic carbocycles. The molecule has 0 bridgehead atoms. The third-order valence-electron chi connectivity index (χ3n) is 5.22. The van der Waals surface area contributed by atoms with Crippen LogP contribution in [0.25, 0.3) is 11.3 Å². The summed E-state index contributed by atoms with van der Waals surface area (Å²) >= 11 is 7.15. The zero-order valence-electron chi connectivity index (χ0n) is 17.9. The number of hydrogen-bond acceptors (Lipinski definition) is 6. The Morgan fingerprint density at radius 3 is 2.70 bits per heavy atom. The highest BCUT2D eigenvalue weighted by Crippen LogP contribution is 2.36. The van der Waals surface area contributed by atoms with Gasteiger partial charge >= 0.3 is 0 Å². The number of halogens is 1. The molecule has 3 aromatic rings. The van der Waals surface area contributed by atoms with Gasteiger partial charge in [-0.15, -0.1) is 11.3 Å². The van der Waals surface area contributed by atoms with Crippen LogP contribution in [0, 0.1) is 0 Å². The summed E-state index contributed by atoms with van der Waals surface area (Å²) in [6.07, 6.45) is 0.856. The molecule has 33 heavy (non-hydrogen) atoms. The average Bonchev–Trinajstić information content (AvgIpc) is 3.26. The molecule has 0 saturated heterocycles. The molecule has 2 amide bonds.